The van der Waals surface area contributed by atoms with E-state index in [9.17, 15) is 13.2 Å². The third-order valence-electron chi connectivity index (χ3n) is 5.25. The van der Waals surface area contributed by atoms with Crippen molar-refractivity contribution in [1.82, 2.24) is 14.9 Å². The molecule has 148 valence electrons. The Morgan fingerprint density at radius 3 is 2.24 bits per heavy atom. The molecule has 2 aliphatic rings. The summed E-state index contributed by atoms with van der Waals surface area (Å²) < 4.78 is 25.9. The van der Waals surface area contributed by atoms with Crippen molar-refractivity contribution in [2.45, 2.75) is 64.5 Å². The Labute approximate surface area is 159 Å². The minimum atomic E-state index is -3.23. The minimum Gasteiger partial charge on any atom is -0.352 e. The number of nitrogens with one attached hydrogen (secondary N) is 2. The second kappa shape index (κ2) is 10.1. The van der Waals surface area contributed by atoms with E-state index in [1.807, 2.05) is 0 Å². The van der Waals surface area contributed by atoms with Crippen molar-refractivity contribution in [3.63, 3.8) is 0 Å². The molecule has 6 nitrogen and oxygen atoms in total. The maximum atomic E-state index is 12.4. The lowest BCUT2D eigenvalue weighted by atomic mass is 9.92. The number of sulfonamides is 1. The van der Waals surface area contributed by atoms with Crippen LogP contribution in [0.1, 0.15) is 52.4 Å². The largest absolute Gasteiger partial charge is 0.352 e. The van der Waals surface area contributed by atoms with Gasteiger partial charge < -0.3 is 5.32 Å². The number of likely N-dealkylation sites (tertiary alicyclic amines) is 1. The predicted octanol–water partition coefficient (Wildman–Crippen LogP) is 1.75. The first-order valence-corrected chi connectivity index (χ1v) is 11.1. The van der Waals surface area contributed by atoms with E-state index >= 15 is 0 Å². The molecule has 0 aromatic heterocycles. The van der Waals surface area contributed by atoms with Gasteiger partial charge in [-0.2, -0.15) is 0 Å². The van der Waals surface area contributed by atoms with Crippen LogP contribution in [0.2, 0.25) is 0 Å². The molecule has 1 heterocycles. The third-order valence-corrected chi connectivity index (χ3v) is 5.98. The topological polar surface area (TPSA) is 78.5 Å². The van der Waals surface area contributed by atoms with Gasteiger partial charge in [-0.3, -0.25) is 9.69 Å². The van der Waals surface area contributed by atoms with Crippen LogP contribution in [-0.2, 0) is 14.8 Å². The highest BCUT2D eigenvalue weighted by Crippen LogP contribution is 2.25. The molecule has 1 saturated heterocycles. The number of halogens is 1. The lowest BCUT2D eigenvalue weighted by Gasteiger charge is -2.21. The van der Waals surface area contributed by atoms with Gasteiger partial charge in [0.1, 0.15) is 0 Å². The van der Waals surface area contributed by atoms with Crippen LogP contribution < -0.4 is 10.0 Å². The molecule has 1 aliphatic carbocycles. The van der Waals surface area contributed by atoms with Gasteiger partial charge in [-0.05, 0) is 24.7 Å². The summed E-state index contributed by atoms with van der Waals surface area (Å²) in [6.45, 7) is 5.95. The zero-order valence-electron chi connectivity index (χ0n) is 15.7. The van der Waals surface area contributed by atoms with Crippen molar-refractivity contribution in [3.8, 4) is 0 Å². The summed E-state index contributed by atoms with van der Waals surface area (Å²) in [7, 11) is -3.23. The number of carbonyl (C=O) groups excluding carboxylic acids is 1. The summed E-state index contributed by atoms with van der Waals surface area (Å²) in [5.41, 5.74) is 0. The second-order valence-electron chi connectivity index (χ2n) is 7.85. The Morgan fingerprint density at radius 2 is 1.72 bits per heavy atom. The summed E-state index contributed by atoms with van der Waals surface area (Å²) in [4.78, 5) is 14.4. The molecule has 25 heavy (non-hydrogen) atoms. The van der Waals surface area contributed by atoms with Crippen LogP contribution in [0.25, 0.3) is 0 Å². The summed E-state index contributed by atoms with van der Waals surface area (Å²) in [6.07, 6.45) is 8.30. The molecule has 2 atom stereocenters. The van der Waals surface area contributed by atoms with E-state index < -0.39 is 10.0 Å². The lowest BCUT2D eigenvalue weighted by Crippen LogP contribution is -2.43. The van der Waals surface area contributed by atoms with E-state index in [2.05, 4.69) is 28.8 Å². The van der Waals surface area contributed by atoms with Gasteiger partial charge in [0.2, 0.25) is 15.9 Å². The molecule has 0 aromatic carbocycles. The number of carbonyl (C=O) groups is 1. The van der Waals surface area contributed by atoms with Gasteiger partial charge in [0.25, 0.3) is 0 Å². The van der Waals surface area contributed by atoms with Crippen LogP contribution in [0.4, 0.5) is 0 Å². The quantitative estimate of drug-likeness (QED) is 0.671. The van der Waals surface area contributed by atoms with Gasteiger partial charge >= 0.3 is 0 Å². The van der Waals surface area contributed by atoms with Gasteiger partial charge in [-0.1, -0.05) is 39.5 Å². The number of hydrogen-bond acceptors (Lipinski definition) is 4. The molecular formula is C17H34ClN3O3S. The third kappa shape index (κ3) is 7.81. The monoisotopic (exact) mass is 395 g/mol. The summed E-state index contributed by atoms with van der Waals surface area (Å²) in [6, 6.07) is 0.208. The number of nitrogens with zero attached hydrogens (tertiary/aromatic N) is 1. The lowest BCUT2D eigenvalue weighted by molar-refractivity contribution is -0.122. The van der Waals surface area contributed by atoms with Crippen molar-refractivity contribution < 1.29 is 13.2 Å². The Balaban J connectivity index is 0.00000312. The summed E-state index contributed by atoms with van der Waals surface area (Å²) in [5.74, 6) is 0.689. The molecule has 0 spiro atoms. The van der Waals surface area contributed by atoms with Gasteiger partial charge in [0, 0.05) is 25.2 Å². The normalized spacial score (nSPS) is 26.2. The number of hydrogen-bond donors (Lipinski definition) is 2. The van der Waals surface area contributed by atoms with E-state index in [4.69, 9.17) is 0 Å². The molecule has 0 radical (unpaired) electrons. The molecule has 0 unspecified atom stereocenters. The molecule has 8 heteroatoms. The van der Waals surface area contributed by atoms with Crippen molar-refractivity contribution >= 4 is 28.3 Å². The maximum Gasteiger partial charge on any atom is 0.234 e. The fourth-order valence-electron chi connectivity index (χ4n) is 4.02. The SMILES string of the molecule is CC(C)[C@H]1CN(CC(=O)NC2CCCCCC2)C[C@@H]1NS(C)(=O)=O.Cl. The number of amides is 1. The van der Waals surface area contributed by atoms with Crippen LogP contribution in [0.15, 0.2) is 0 Å². The summed E-state index contributed by atoms with van der Waals surface area (Å²) in [5, 5.41) is 3.17. The molecule has 0 aromatic rings. The van der Waals surface area contributed by atoms with E-state index in [0.717, 1.165) is 19.4 Å². The fraction of sp³-hybridized carbons (Fsp3) is 0.941. The zero-order valence-corrected chi connectivity index (χ0v) is 17.3. The van der Waals surface area contributed by atoms with Gasteiger partial charge in [-0.25, -0.2) is 13.1 Å². The van der Waals surface area contributed by atoms with E-state index in [0.29, 0.717) is 25.0 Å². The van der Waals surface area contributed by atoms with Crippen LogP contribution in [-0.4, -0.2) is 57.2 Å². The summed E-state index contributed by atoms with van der Waals surface area (Å²) >= 11 is 0. The molecule has 2 rings (SSSR count). The highest BCUT2D eigenvalue weighted by atomic mass is 35.5. The maximum absolute atomic E-state index is 12.4. The standard InChI is InChI=1S/C17H33N3O3S.ClH/c1-13(2)15-10-20(11-16(15)19-24(3,22)23)12-17(21)18-14-8-6-4-5-7-9-14;/h13-16,19H,4-12H2,1-3H3,(H,18,21);1H/t15-,16+;/m1./s1. The van der Waals surface area contributed by atoms with E-state index in [1.165, 1.54) is 31.9 Å². The molecule has 1 saturated carbocycles. The fourth-order valence-corrected chi connectivity index (χ4v) is 4.82. The zero-order chi connectivity index (χ0) is 17.7. The highest BCUT2D eigenvalue weighted by molar-refractivity contribution is 7.88. The molecule has 0 bridgehead atoms. The molecule has 2 fully saturated rings. The van der Waals surface area contributed by atoms with Gasteiger partial charge in [0.15, 0.2) is 0 Å². The number of rotatable bonds is 6. The van der Waals surface area contributed by atoms with E-state index in [-0.39, 0.29) is 30.3 Å². The van der Waals surface area contributed by atoms with Crippen molar-refractivity contribution in [2.24, 2.45) is 11.8 Å². The highest BCUT2D eigenvalue weighted by Gasteiger charge is 2.36. The molecule has 1 amide bonds. The van der Waals surface area contributed by atoms with E-state index in [1.54, 1.807) is 0 Å². The minimum absolute atomic E-state index is 0. The Hall–Kier alpha value is -0.370. The van der Waals surface area contributed by atoms with Crippen molar-refractivity contribution in [2.75, 3.05) is 25.9 Å². The van der Waals surface area contributed by atoms with Crippen LogP contribution in [0.3, 0.4) is 0 Å². The Kier molecular flexibility index (Phi) is 9.15. The van der Waals surface area contributed by atoms with Crippen molar-refractivity contribution in [3.05, 3.63) is 0 Å². The first-order chi connectivity index (χ1) is 11.2. The average Bonchev–Trinajstić information content (AvgIpc) is 2.66. The smallest absolute Gasteiger partial charge is 0.234 e. The Bertz CT molecular complexity index is 519. The average molecular weight is 396 g/mol. The Morgan fingerprint density at radius 1 is 1.12 bits per heavy atom. The van der Waals surface area contributed by atoms with Crippen LogP contribution in [0, 0.1) is 11.8 Å². The van der Waals surface area contributed by atoms with Gasteiger partial charge in [0.05, 0.1) is 12.8 Å². The molecule has 1 aliphatic heterocycles. The second-order valence-corrected chi connectivity index (χ2v) is 9.63. The van der Waals surface area contributed by atoms with Gasteiger partial charge in [-0.15, -0.1) is 12.4 Å². The first kappa shape index (κ1) is 22.7. The molecular weight excluding hydrogens is 362 g/mol. The first-order valence-electron chi connectivity index (χ1n) is 9.23. The van der Waals surface area contributed by atoms with Crippen molar-refractivity contribution in [1.29, 1.82) is 0 Å². The van der Waals surface area contributed by atoms with Crippen LogP contribution in [0.5, 0.6) is 0 Å². The predicted molar refractivity (Wildman–Crippen MR) is 103 cm³/mol. The molecule has 2 N–H and O–H groups in total. The van der Waals surface area contributed by atoms with Crippen LogP contribution >= 0.6 is 12.4 Å².